The molecule has 0 aromatic heterocycles. The lowest BCUT2D eigenvalue weighted by Gasteiger charge is -2.34. The van der Waals surface area contributed by atoms with Gasteiger partial charge in [-0.05, 0) is 48.1 Å². The molecule has 29 heavy (non-hydrogen) atoms. The Bertz CT molecular complexity index is 842. The van der Waals surface area contributed by atoms with Crippen LogP contribution in [0.4, 0.5) is 0 Å². The van der Waals surface area contributed by atoms with Crippen molar-refractivity contribution in [1.82, 2.24) is 4.90 Å². The number of para-hydroxylation sites is 1. The maximum absolute atomic E-state index is 12.5. The fourth-order valence-corrected chi connectivity index (χ4v) is 3.79. The standard InChI is InChI=1S/C23H26ClNO4/c1-16-11-17(2)13-25(12-16)22(26)15-29-23(27)20-5-3-4-6-21(20)28-14-18-7-9-19(24)10-8-18/h3-10,16-17H,11-15H2,1-2H3/t16-,17-/m0/s1. The molecule has 6 heteroatoms. The van der Waals surface area contributed by atoms with Crippen LogP contribution in [-0.2, 0) is 16.1 Å². The van der Waals surface area contributed by atoms with E-state index in [4.69, 9.17) is 21.1 Å². The van der Waals surface area contributed by atoms with Gasteiger partial charge < -0.3 is 14.4 Å². The quantitative estimate of drug-likeness (QED) is 0.648. The summed E-state index contributed by atoms with van der Waals surface area (Å²) in [6.07, 6.45) is 1.11. The highest BCUT2D eigenvalue weighted by atomic mass is 35.5. The molecular weight excluding hydrogens is 390 g/mol. The highest BCUT2D eigenvalue weighted by molar-refractivity contribution is 6.30. The number of piperidine rings is 1. The summed E-state index contributed by atoms with van der Waals surface area (Å²) in [6, 6.07) is 14.2. The maximum Gasteiger partial charge on any atom is 0.342 e. The lowest BCUT2D eigenvalue weighted by atomic mass is 9.92. The summed E-state index contributed by atoms with van der Waals surface area (Å²) in [7, 11) is 0. The first-order chi connectivity index (χ1) is 13.9. The Labute approximate surface area is 176 Å². The molecule has 3 rings (SSSR count). The van der Waals surface area contributed by atoms with E-state index in [1.807, 2.05) is 12.1 Å². The highest BCUT2D eigenvalue weighted by Gasteiger charge is 2.26. The molecule has 0 radical (unpaired) electrons. The van der Waals surface area contributed by atoms with Crippen LogP contribution in [-0.4, -0.2) is 36.5 Å². The Hall–Kier alpha value is -2.53. The minimum atomic E-state index is -0.567. The van der Waals surface area contributed by atoms with Crippen molar-refractivity contribution in [3.05, 3.63) is 64.7 Å². The number of esters is 1. The van der Waals surface area contributed by atoms with Crippen LogP contribution in [0, 0.1) is 11.8 Å². The molecule has 0 N–H and O–H groups in total. The second-order valence-electron chi connectivity index (χ2n) is 7.73. The van der Waals surface area contributed by atoms with E-state index >= 15 is 0 Å². The highest BCUT2D eigenvalue weighted by Crippen LogP contribution is 2.23. The predicted octanol–water partition coefficient (Wildman–Crippen LogP) is 4.58. The van der Waals surface area contributed by atoms with E-state index in [-0.39, 0.29) is 12.5 Å². The third kappa shape index (κ3) is 5.97. The number of carbonyl (C=O) groups excluding carboxylic acids is 2. The molecule has 154 valence electrons. The smallest absolute Gasteiger partial charge is 0.342 e. The van der Waals surface area contributed by atoms with Crippen LogP contribution in [0.25, 0.3) is 0 Å². The topological polar surface area (TPSA) is 55.8 Å². The molecule has 0 unspecified atom stereocenters. The Kier molecular flexibility index (Phi) is 7.15. The van der Waals surface area contributed by atoms with E-state index in [1.165, 1.54) is 0 Å². The van der Waals surface area contributed by atoms with Crippen LogP contribution >= 0.6 is 11.6 Å². The fraction of sp³-hybridized carbons (Fsp3) is 0.391. The van der Waals surface area contributed by atoms with Crippen molar-refractivity contribution in [3.63, 3.8) is 0 Å². The number of carbonyl (C=O) groups is 2. The fourth-order valence-electron chi connectivity index (χ4n) is 3.67. The van der Waals surface area contributed by atoms with Gasteiger partial charge in [-0.15, -0.1) is 0 Å². The summed E-state index contributed by atoms with van der Waals surface area (Å²) in [6.45, 7) is 5.73. The number of benzene rings is 2. The number of ether oxygens (including phenoxy) is 2. The van der Waals surface area contributed by atoms with Crippen LogP contribution in [0.15, 0.2) is 48.5 Å². The van der Waals surface area contributed by atoms with Gasteiger partial charge in [0, 0.05) is 18.1 Å². The van der Waals surface area contributed by atoms with E-state index in [0.29, 0.717) is 47.9 Å². The first-order valence-corrected chi connectivity index (χ1v) is 10.2. The third-order valence-electron chi connectivity index (χ3n) is 4.96. The number of amides is 1. The van der Waals surface area contributed by atoms with Crippen molar-refractivity contribution < 1.29 is 19.1 Å². The lowest BCUT2D eigenvalue weighted by molar-refractivity contribution is -0.137. The minimum absolute atomic E-state index is 0.156. The molecule has 0 bridgehead atoms. The van der Waals surface area contributed by atoms with Gasteiger partial charge >= 0.3 is 5.97 Å². The number of likely N-dealkylation sites (tertiary alicyclic amines) is 1. The van der Waals surface area contributed by atoms with Gasteiger partial charge in [-0.25, -0.2) is 4.79 Å². The van der Waals surface area contributed by atoms with Crippen LogP contribution in [0.3, 0.4) is 0 Å². The van der Waals surface area contributed by atoms with Crippen molar-refractivity contribution in [3.8, 4) is 5.75 Å². The van der Waals surface area contributed by atoms with E-state index in [9.17, 15) is 9.59 Å². The molecule has 0 aliphatic carbocycles. The lowest BCUT2D eigenvalue weighted by Crippen LogP contribution is -2.44. The first kappa shape index (κ1) is 21.2. The van der Waals surface area contributed by atoms with Crippen molar-refractivity contribution in [2.75, 3.05) is 19.7 Å². The largest absolute Gasteiger partial charge is 0.488 e. The van der Waals surface area contributed by atoms with Crippen LogP contribution in [0.5, 0.6) is 5.75 Å². The second kappa shape index (κ2) is 9.79. The molecular formula is C23H26ClNO4. The number of hydrogen-bond donors (Lipinski definition) is 0. The summed E-state index contributed by atoms with van der Waals surface area (Å²) >= 11 is 5.89. The predicted molar refractivity (Wildman–Crippen MR) is 112 cm³/mol. The zero-order chi connectivity index (χ0) is 20.8. The van der Waals surface area contributed by atoms with Crippen molar-refractivity contribution in [2.24, 2.45) is 11.8 Å². The minimum Gasteiger partial charge on any atom is -0.488 e. The number of halogens is 1. The third-order valence-corrected chi connectivity index (χ3v) is 5.21. The van der Waals surface area contributed by atoms with Gasteiger partial charge in [0.1, 0.15) is 17.9 Å². The number of hydrogen-bond acceptors (Lipinski definition) is 4. The summed E-state index contributed by atoms with van der Waals surface area (Å²) in [5.74, 6) is 0.611. The molecule has 2 atom stereocenters. The summed E-state index contributed by atoms with van der Waals surface area (Å²) in [5, 5.41) is 0.653. The zero-order valence-corrected chi connectivity index (χ0v) is 17.5. The average molecular weight is 416 g/mol. The second-order valence-corrected chi connectivity index (χ2v) is 8.17. The monoisotopic (exact) mass is 415 g/mol. The molecule has 1 saturated heterocycles. The van der Waals surface area contributed by atoms with Crippen LogP contribution in [0.1, 0.15) is 36.2 Å². The van der Waals surface area contributed by atoms with E-state index in [1.54, 1.807) is 41.3 Å². The Balaban J connectivity index is 1.58. The summed E-state index contributed by atoms with van der Waals surface area (Å²) in [5.41, 5.74) is 1.23. The van der Waals surface area contributed by atoms with Crippen molar-refractivity contribution >= 4 is 23.5 Å². The Morgan fingerprint density at radius 1 is 1.03 bits per heavy atom. The van der Waals surface area contributed by atoms with Crippen molar-refractivity contribution in [2.45, 2.75) is 26.9 Å². The maximum atomic E-state index is 12.5. The molecule has 1 aliphatic heterocycles. The summed E-state index contributed by atoms with van der Waals surface area (Å²) in [4.78, 5) is 26.8. The normalized spacial score (nSPS) is 18.9. The van der Waals surface area contributed by atoms with Gasteiger partial charge in [-0.2, -0.15) is 0 Å². The molecule has 5 nitrogen and oxygen atoms in total. The van der Waals surface area contributed by atoms with Gasteiger partial charge in [0.05, 0.1) is 0 Å². The molecule has 1 heterocycles. The van der Waals surface area contributed by atoms with E-state index < -0.39 is 5.97 Å². The average Bonchev–Trinajstić information content (AvgIpc) is 2.71. The van der Waals surface area contributed by atoms with Crippen molar-refractivity contribution in [1.29, 1.82) is 0 Å². The summed E-state index contributed by atoms with van der Waals surface area (Å²) < 4.78 is 11.1. The molecule has 1 aliphatic rings. The first-order valence-electron chi connectivity index (χ1n) is 9.83. The SMILES string of the molecule is C[C@H]1C[C@H](C)CN(C(=O)COC(=O)c2ccccc2OCc2ccc(Cl)cc2)C1. The van der Waals surface area contributed by atoms with E-state index in [2.05, 4.69) is 13.8 Å². The Morgan fingerprint density at radius 2 is 1.69 bits per heavy atom. The van der Waals surface area contributed by atoms with E-state index in [0.717, 1.165) is 12.0 Å². The van der Waals surface area contributed by atoms with Crippen LogP contribution in [0.2, 0.25) is 5.02 Å². The molecule has 2 aromatic rings. The van der Waals surface area contributed by atoms with Gasteiger partial charge in [0.15, 0.2) is 6.61 Å². The van der Waals surface area contributed by atoms with Crippen LogP contribution < -0.4 is 4.74 Å². The van der Waals surface area contributed by atoms with Gasteiger partial charge in [0.2, 0.25) is 0 Å². The molecule has 0 spiro atoms. The van der Waals surface area contributed by atoms with Gasteiger partial charge in [-0.1, -0.05) is 49.7 Å². The molecule has 1 fully saturated rings. The van der Waals surface area contributed by atoms with Gasteiger partial charge in [0.25, 0.3) is 5.91 Å². The van der Waals surface area contributed by atoms with Gasteiger partial charge in [-0.3, -0.25) is 4.79 Å². The number of rotatable bonds is 6. The molecule has 1 amide bonds. The molecule has 2 aromatic carbocycles. The number of nitrogens with zero attached hydrogens (tertiary/aromatic N) is 1. The molecule has 0 saturated carbocycles. The zero-order valence-electron chi connectivity index (χ0n) is 16.8. The Morgan fingerprint density at radius 3 is 2.38 bits per heavy atom.